The summed E-state index contributed by atoms with van der Waals surface area (Å²) >= 11 is 11.9. The summed E-state index contributed by atoms with van der Waals surface area (Å²) in [6, 6.07) is 9.58. The summed E-state index contributed by atoms with van der Waals surface area (Å²) in [6.07, 6.45) is 0.696. The van der Waals surface area contributed by atoms with E-state index in [0.29, 0.717) is 22.9 Å². The van der Waals surface area contributed by atoms with Crippen LogP contribution in [-0.2, 0) is 6.42 Å². The van der Waals surface area contributed by atoms with Crippen LogP contribution < -0.4 is 10.5 Å². The lowest BCUT2D eigenvalue weighted by atomic mass is 10.1. The Bertz CT molecular complexity index is 617. The van der Waals surface area contributed by atoms with Crippen LogP contribution in [0, 0.1) is 5.82 Å². The molecule has 0 bridgehead atoms. The topological polar surface area (TPSA) is 35.2 Å². The van der Waals surface area contributed by atoms with Crippen molar-refractivity contribution in [2.75, 3.05) is 0 Å². The molecule has 0 radical (unpaired) electrons. The molecule has 0 aliphatic rings. The zero-order valence-corrected chi connectivity index (χ0v) is 12.4. The lowest BCUT2D eigenvalue weighted by Gasteiger charge is -2.10. The summed E-state index contributed by atoms with van der Waals surface area (Å²) in [5.41, 5.74) is 6.71. The molecule has 2 aromatic carbocycles. The van der Waals surface area contributed by atoms with Gasteiger partial charge in [0.25, 0.3) is 0 Å². The molecule has 0 aliphatic carbocycles. The molecule has 0 saturated carbocycles. The summed E-state index contributed by atoms with van der Waals surface area (Å²) in [4.78, 5) is 0. The van der Waals surface area contributed by atoms with Crippen LogP contribution in [0.2, 0.25) is 10.0 Å². The van der Waals surface area contributed by atoms with E-state index in [1.165, 1.54) is 18.2 Å². The molecule has 0 aromatic heterocycles. The third-order valence-corrected chi connectivity index (χ3v) is 3.33. The summed E-state index contributed by atoms with van der Waals surface area (Å²) in [5.74, 6) is 0.530. The quantitative estimate of drug-likeness (QED) is 0.878. The van der Waals surface area contributed by atoms with E-state index in [2.05, 4.69) is 0 Å². The molecule has 1 atom stereocenters. The summed E-state index contributed by atoms with van der Waals surface area (Å²) in [5, 5.41) is 0.607. The molecule has 0 heterocycles. The predicted octanol–water partition coefficient (Wildman–Crippen LogP) is 4.81. The van der Waals surface area contributed by atoms with Gasteiger partial charge in [-0.1, -0.05) is 29.3 Å². The maximum Gasteiger partial charge on any atom is 0.142 e. The minimum atomic E-state index is -0.482. The largest absolute Gasteiger partial charge is 0.457 e. The Morgan fingerprint density at radius 3 is 2.25 bits per heavy atom. The molecule has 0 amide bonds. The van der Waals surface area contributed by atoms with E-state index in [4.69, 9.17) is 33.7 Å². The van der Waals surface area contributed by atoms with Crippen molar-refractivity contribution in [1.82, 2.24) is 0 Å². The number of nitrogens with two attached hydrogens (primary N) is 1. The Morgan fingerprint density at radius 1 is 1.10 bits per heavy atom. The third-order valence-electron chi connectivity index (χ3n) is 2.69. The molecule has 106 valence electrons. The SMILES string of the molecule is CC(N)Cc1ccc(Oc2ccc(F)c(Cl)c2)cc1Cl. The van der Waals surface area contributed by atoms with Crippen molar-refractivity contribution in [2.24, 2.45) is 5.73 Å². The van der Waals surface area contributed by atoms with E-state index in [0.717, 1.165) is 5.56 Å². The fourth-order valence-corrected chi connectivity index (χ4v) is 2.20. The lowest BCUT2D eigenvalue weighted by Crippen LogP contribution is -2.17. The highest BCUT2D eigenvalue weighted by molar-refractivity contribution is 6.31. The van der Waals surface area contributed by atoms with E-state index in [-0.39, 0.29) is 11.1 Å². The summed E-state index contributed by atoms with van der Waals surface area (Å²) in [7, 11) is 0. The first kappa shape index (κ1) is 15.1. The zero-order chi connectivity index (χ0) is 14.7. The van der Waals surface area contributed by atoms with Gasteiger partial charge in [-0.25, -0.2) is 4.39 Å². The fourth-order valence-electron chi connectivity index (χ4n) is 1.78. The van der Waals surface area contributed by atoms with Gasteiger partial charge in [0.1, 0.15) is 17.3 Å². The Labute approximate surface area is 127 Å². The van der Waals surface area contributed by atoms with Crippen molar-refractivity contribution in [1.29, 1.82) is 0 Å². The number of halogens is 3. The van der Waals surface area contributed by atoms with Gasteiger partial charge in [0, 0.05) is 17.1 Å². The number of ether oxygens (including phenoxy) is 1. The van der Waals surface area contributed by atoms with Crippen molar-refractivity contribution in [2.45, 2.75) is 19.4 Å². The molecule has 0 spiro atoms. The molecule has 2 rings (SSSR count). The number of hydrogen-bond acceptors (Lipinski definition) is 2. The van der Waals surface area contributed by atoms with Crippen LogP contribution in [0.4, 0.5) is 4.39 Å². The second-order valence-electron chi connectivity index (χ2n) is 4.61. The molecular formula is C15H14Cl2FNO. The molecule has 5 heteroatoms. The van der Waals surface area contributed by atoms with Crippen LogP contribution in [0.5, 0.6) is 11.5 Å². The number of rotatable bonds is 4. The molecule has 2 N–H and O–H groups in total. The number of benzene rings is 2. The van der Waals surface area contributed by atoms with Crippen molar-refractivity contribution in [3.63, 3.8) is 0 Å². The molecule has 0 saturated heterocycles. The average molecular weight is 314 g/mol. The predicted molar refractivity (Wildman–Crippen MR) is 80.3 cm³/mol. The van der Waals surface area contributed by atoms with Gasteiger partial charge in [-0.2, -0.15) is 0 Å². The van der Waals surface area contributed by atoms with E-state index < -0.39 is 5.82 Å². The Hall–Kier alpha value is -1.29. The van der Waals surface area contributed by atoms with Crippen LogP contribution in [-0.4, -0.2) is 6.04 Å². The monoisotopic (exact) mass is 313 g/mol. The van der Waals surface area contributed by atoms with Gasteiger partial charge in [-0.3, -0.25) is 0 Å². The molecule has 0 fully saturated rings. The van der Waals surface area contributed by atoms with Gasteiger partial charge in [0.2, 0.25) is 0 Å². The van der Waals surface area contributed by atoms with Crippen LogP contribution in [0.3, 0.4) is 0 Å². The molecule has 2 aromatic rings. The first-order valence-corrected chi connectivity index (χ1v) is 6.88. The Kier molecular flexibility index (Phi) is 4.86. The van der Waals surface area contributed by atoms with Crippen LogP contribution >= 0.6 is 23.2 Å². The van der Waals surface area contributed by atoms with Crippen molar-refractivity contribution in [3.8, 4) is 11.5 Å². The van der Waals surface area contributed by atoms with Crippen LogP contribution in [0.1, 0.15) is 12.5 Å². The van der Waals surface area contributed by atoms with Gasteiger partial charge in [0.05, 0.1) is 5.02 Å². The second-order valence-corrected chi connectivity index (χ2v) is 5.43. The minimum Gasteiger partial charge on any atom is -0.457 e. The Morgan fingerprint density at radius 2 is 1.70 bits per heavy atom. The van der Waals surface area contributed by atoms with Gasteiger partial charge in [-0.15, -0.1) is 0 Å². The minimum absolute atomic E-state index is 0.0159. The van der Waals surface area contributed by atoms with E-state index >= 15 is 0 Å². The molecular weight excluding hydrogens is 300 g/mol. The molecule has 1 unspecified atom stereocenters. The smallest absolute Gasteiger partial charge is 0.142 e. The standard InChI is InChI=1S/C15H14Cl2FNO/c1-9(19)6-10-2-3-11(7-13(10)16)20-12-4-5-15(18)14(17)8-12/h2-5,7-9H,6,19H2,1H3. The highest BCUT2D eigenvalue weighted by Crippen LogP contribution is 2.29. The van der Waals surface area contributed by atoms with Crippen molar-refractivity contribution >= 4 is 23.2 Å². The molecule has 0 aliphatic heterocycles. The fraction of sp³-hybridized carbons (Fsp3) is 0.200. The number of hydrogen-bond donors (Lipinski definition) is 1. The maximum atomic E-state index is 13.1. The molecule has 2 nitrogen and oxygen atoms in total. The maximum absolute atomic E-state index is 13.1. The molecule has 20 heavy (non-hydrogen) atoms. The first-order chi connectivity index (χ1) is 9.45. The highest BCUT2D eigenvalue weighted by atomic mass is 35.5. The van der Waals surface area contributed by atoms with Crippen molar-refractivity contribution < 1.29 is 9.13 Å². The normalized spacial score (nSPS) is 12.2. The van der Waals surface area contributed by atoms with Gasteiger partial charge in [0.15, 0.2) is 0 Å². The summed E-state index contributed by atoms with van der Waals surface area (Å²) in [6.45, 7) is 1.92. The van der Waals surface area contributed by atoms with E-state index in [1.807, 2.05) is 13.0 Å². The zero-order valence-electron chi connectivity index (χ0n) is 10.9. The second kappa shape index (κ2) is 6.44. The van der Waals surface area contributed by atoms with E-state index in [1.54, 1.807) is 12.1 Å². The van der Waals surface area contributed by atoms with Crippen LogP contribution in [0.15, 0.2) is 36.4 Å². The highest BCUT2D eigenvalue weighted by Gasteiger charge is 2.07. The van der Waals surface area contributed by atoms with Crippen molar-refractivity contribution in [3.05, 3.63) is 57.8 Å². The van der Waals surface area contributed by atoms with Gasteiger partial charge >= 0.3 is 0 Å². The van der Waals surface area contributed by atoms with E-state index in [9.17, 15) is 4.39 Å². The lowest BCUT2D eigenvalue weighted by molar-refractivity contribution is 0.480. The Balaban J connectivity index is 2.17. The summed E-state index contributed by atoms with van der Waals surface area (Å²) < 4.78 is 18.6. The van der Waals surface area contributed by atoms with Crippen LogP contribution in [0.25, 0.3) is 0 Å². The average Bonchev–Trinajstić information content (AvgIpc) is 2.37. The first-order valence-electron chi connectivity index (χ1n) is 6.12. The van der Waals surface area contributed by atoms with Gasteiger partial charge in [-0.05, 0) is 43.2 Å². The third kappa shape index (κ3) is 3.85. The van der Waals surface area contributed by atoms with Gasteiger partial charge < -0.3 is 10.5 Å².